The molecule has 1 heterocycles. The lowest BCUT2D eigenvalue weighted by molar-refractivity contribution is 0.267. The standard InChI is InChI=1S/C16H22N4O/c1-11(16-10-17-19-20(16)2)18-14-7-13(8-14)12-5-4-6-15(9-12)21-3/h4-6,9-11,13-14,18H,7-8H2,1-3H3. The number of methoxy groups -OCH3 is 1. The van der Waals surface area contributed by atoms with Gasteiger partial charge in [-0.2, -0.15) is 0 Å². The average molecular weight is 286 g/mol. The summed E-state index contributed by atoms with van der Waals surface area (Å²) >= 11 is 0. The van der Waals surface area contributed by atoms with Crippen LogP contribution in [0, 0.1) is 0 Å². The fourth-order valence-electron chi connectivity index (χ4n) is 3.05. The predicted molar refractivity (Wildman–Crippen MR) is 81.3 cm³/mol. The Morgan fingerprint density at radius 2 is 2.19 bits per heavy atom. The number of nitrogens with one attached hydrogen (secondary N) is 1. The van der Waals surface area contributed by atoms with Gasteiger partial charge in [-0.05, 0) is 43.4 Å². The van der Waals surface area contributed by atoms with Gasteiger partial charge in [0.2, 0.25) is 0 Å². The molecule has 0 radical (unpaired) electrons. The molecule has 2 aromatic rings. The Balaban J connectivity index is 1.55. The molecule has 0 amide bonds. The minimum Gasteiger partial charge on any atom is -0.497 e. The number of aromatic nitrogens is 3. The molecule has 21 heavy (non-hydrogen) atoms. The third-order valence-corrected chi connectivity index (χ3v) is 4.38. The van der Waals surface area contributed by atoms with Crippen molar-refractivity contribution < 1.29 is 4.74 Å². The summed E-state index contributed by atoms with van der Waals surface area (Å²) in [5, 5.41) is 11.6. The molecule has 5 heteroatoms. The van der Waals surface area contributed by atoms with Crippen molar-refractivity contribution in [3.05, 3.63) is 41.7 Å². The first kappa shape index (κ1) is 14.1. The third kappa shape index (κ3) is 2.93. The number of benzene rings is 1. The van der Waals surface area contributed by atoms with Gasteiger partial charge in [0.25, 0.3) is 0 Å². The van der Waals surface area contributed by atoms with E-state index < -0.39 is 0 Å². The average Bonchev–Trinajstić information content (AvgIpc) is 2.88. The number of ether oxygens (including phenoxy) is 1. The smallest absolute Gasteiger partial charge is 0.119 e. The number of rotatable bonds is 5. The normalized spacial score (nSPS) is 22.6. The molecule has 1 aliphatic carbocycles. The van der Waals surface area contributed by atoms with Crippen LogP contribution >= 0.6 is 0 Å². The zero-order chi connectivity index (χ0) is 14.8. The van der Waals surface area contributed by atoms with E-state index >= 15 is 0 Å². The van der Waals surface area contributed by atoms with E-state index in [0.717, 1.165) is 11.4 Å². The van der Waals surface area contributed by atoms with Crippen molar-refractivity contribution in [2.75, 3.05) is 7.11 Å². The summed E-state index contributed by atoms with van der Waals surface area (Å²) in [6.07, 6.45) is 4.17. The van der Waals surface area contributed by atoms with E-state index in [1.54, 1.807) is 7.11 Å². The summed E-state index contributed by atoms with van der Waals surface area (Å²) < 4.78 is 7.12. The lowest BCUT2D eigenvalue weighted by atomic mass is 9.75. The van der Waals surface area contributed by atoms with Crippen molar-refractivity contribution >= 4 is 0 Å². The highest BCUT2D eigenvalue weighted by Gasteiger charge is 2.31. The van der Waals surface area contributed by atoms with Gasteiger partial charge in [0.05, 0.1) is 19.0 Å². The summed E-state index contributed by atoms with van der Waals surface area (Å²) in [5.74, 6) is 1.58. The molecule has 0 saturated heterocycles. The largest absolute Gasteiger partial charge is 0.497 e. The lowest BCUT2D eigenvalue weighted by Gasteiger charge is -2.38. The van der Waals surface area contributed by atoms with Crippen LogP contribution in [-0.4, -0.2) is 28.1 Å². The van der Waals surface area contributed by atoms with E-state index in [1.807, 2.05) is 24.0 Å². The first-order valence-corrected chi connectivity index (χ1v) is 7.42. The highest BCUT2D eigenvalue weighted by molar-refractivity contribution is 5.32. The van der Waals surface area contributed by atoms with Crippen LogP contribution in [0.4, 0.5) is 0 Å². The van der Waals surface area contributed by atoms with Crippen LogP contribution < -0.4 is 10.1 Å². The highest BCUT2D eigenvalue weighted by atomic mass is 16.5. The number of hydrogen-bond donors (Lipinski definition) is 1. The summed E-state index contributed by atoms with van der Waals surface area (Å²) in [7, 11) is 3.65. The van der Waals surface area contributed by atoms with E-state index in [2.05, 4.69) is 40.8 Å². The molecule has 1 aromatic carbocycles. The maximum Gasteiger partial charge on any atom is 0.119 e. The van der Waals surface area contributed by atoms with Crippen LogP contribution in [-0.2, 0) is 7.05 Å². The van der Waals surface area contributed by atoms with Crippen molar-refractivity contribution in [2.24, 2.45) is 7.05 Å². The first-order valence-electron chi connectivity index (χ1n) is 7.42. The molecular formula is C16H22N4O. The Bertz CT molecular complexity index is 604. The second-order valence-corrected chi connectivity index (χ2v) is 5.81. The molecule has 1 aliphatic rings. The monoisotopic (exact) mass is 286 g/mol. The molecule has 1 saturated carbocycles. The van der Waals surface area contributed by atoms with E-state index in [4.69, 9.17) is 4.74 Å². The molecule has 3 rings (SSSR count). The first-order chi connectivity index (χ1) is 10.2. The molecule has 1 atom stereocenters. The van der Waals surface area contributed by atoms with Gasteiger partial charge < -0.3 is 10.1 Å². The Morgan fingerprint density at radius 3 is 2.86 bits per heavy atom. The second-order valence-electron chi connectivity index (χ2n) is 5.81. The van der Waals surface area contributed by atoms with Gasteiger partial charge in [-0.15, -0.1) is 5.10 Å². The molecule has 0 spiro atoms. The van der Waals surface area contributed by atoms with Crippen molar-refractivity contribution in [1.82, 2.24) is 20.3 Å². The van der Waals surface area contributed by atoms with Gasteiger partial charge in [0, 0.05) is 19.1 Å². The SMILES string of the molecule is COc1cccc(C2CC(NC(C)c3cnnn3C)C2)c1. The van der Waals surface area contributed by atoms with Crippen LogP contribution in [0.5, 0.6) is 5.75 Å². The molecule has 1 unspecified atom stereocenters. The Morgan fingerprint density at radius 1 is 1.38 bits per heavy atom. The van der Waals surface area contributed by atoms with Crippen LogP contribution in [0.15, 0.2) is 30.5 Å². The van der Waals surface area contributed by atoms with Gasteiger partial charge in [0.15, 0.2) is 0 Å². The summed E-state index contributed by atoms with van der Waals surface area (Å²) in [6.45, 7) is 2.16. The Hall–Kier alpha value is -1.88. The van der Waals surface area contributed by atoms with Gasteiger partial charge in [0.1, 0.15) is 5.75 Å². The van der Waals surface area contributed by atoms with Gasteiger partial charge in [-0.1, -0.05) is 17.3 Å². The second kappa shape index (κ2) is 5.85. The quantitative estimate of drug-likeness (QED) is 0.917. The highest BCUT2D eigenvalue weighted by Crippen LogP contribution is 2.38. The molecule has 1 N–H and O–H groups in total. The van der Waals surface area contributed by atoms with Crippen molar-refractivity contribution in [2.45, 2.75) is 37.8 Å². The number of hydrogen-bond acceptors (Lipinski definition) is 4. The molecule has 1 aromatic heterocycles. The Labute approximate surface area is 125 Å². The molecule has 1 fully saturated rings. The molecule has 5 nitrogen and oxygen atoms in total. The van der Waals surface area contributed by atoms with Gasteiger partial charge >= 0.3 is 0 Å². The molecular weight excluding hydrogens is 264 g/mol. The van der Waals surface area contributed by atoms with E-state index in [9.17, 15) is 0 Å². The summed E-state index contributed by atoms with van der Waals surface area (Å²) in [6, 6.07) is 9.24. The summed E-state index contributed by atoms with van der Waals surface area (Å²) in [5.41, 5.74) is 2.50. The van der Waals surface area contributed by atoms with E-state index in [1.165, 1.54) is 18.4 Å². The van der Waals surface area contributed by atoms with Crippen LogP contribution in [0.25, 0.3) is 0 Å². The third-order valence-electron chi connectivity index (χ3n) is 4.38. The Kier molecular flexibility index (Phi) is 3.92. The molecule has 0 aliphatic heterocycles. The van der Waals surface area contributed by atoms with Crippen LogP contribution in [0.1, 0.15) is 43.0 Å². The number of aryl methyl sites for hydroxylation is 1. The topological polar surface area (TPSA) is 52.0 Å². The fourth-order valence-corrected chi connectivity index (χ4v) is 3.05. The molecule has 112 valence electrons. The van der Waals surface area contributed by atoms with Crippen molar-refractivity contribution in [3.8, 4) is 5.75 Å². The minimum atomic E-state index is 0.279. The maximum atomic E-state index is 5.29. The summed E-state index contributed by atoms with van der Waals surface area (Å²) in [4.78, 5) is 0. The molecule has 0 bridgehead atoms. The minimum absolute atomic E-state index is 0.279. The van der Waals surface area contributed by atoms with E-state index in [-0.39, 0.29) is 6.04 Å². The zero-order valence-corrected chi connectivity index (χ0v) is 12.8. The number of nitrogens with zero attached hydrogens (tertiary/aromatic N) is 3. The van der Waals surface area contributed by atoms with Gasteiger partial charge in [-0.25, -0.2) is 0 Å². The zero-order valence-electron chi connectivity index (χ0n) is 12.8. The van der Waals surface area contributed by atoms with Crippen molar-refractivity contribution in [1.29, 1.82) is 0 Å². The fraction of sp³-hybridized carbons (Fsp3) is 0.500. The lowest BCUT2D eigenvalue weighted by Crippen LogP contribution is -2.41. The van der Waals surface area contributed by atoms with Crippen molar-refractivity contribution in [3.63, 3.8) is 0 Å². The van der Waals surface area contributed by atoms with Crippen LogP contribution in [0.3, 0.4) is 0 Å². The van der Waals surface area contributed by atoms with Crippen LogP contribution in [0.2, 0.25) is 0 Å². The predicted octanol–water partition coefficient (Wildman–Crippen LogP) is 2.42. The maximum absolute atomic E-state index is 5.29. The van der Waals surface area contributed by atoms with E-state index in [0.29, 0.717) is 12.0 Å². The van der Waals surface area contributed by atoms with Gasteiger partial charge in [-0.3, -0.25) is 4.68 Å².